The van der Waals surface area contributed by atoms with Crippen LogP contribution >= 0.6 is 11.6 Å². The van der Waals surface area contributed by atoms with Gasteiger partial charge in [0, 0.05) is 18.8 Å². The fourth-order valence-electron chi connectivity index (χ4n) is 0.797. The van der Waals surface area contributed by atoms with Crippen molar-refractivity contribution >= 4 is 17.5 Å². The summed E-state index contributed by atoms with van der Waals surface area (Å²) in [6.45, 7) is 1.75. The van der Waals surface area contributed by atoms with Crippen molar-refractivity contribution in [2.75, 3.05) is 33.1 Å². The second-order valence-electron chi connectivity index (χ2n) is 2.95. The van der Waals surface area contributed by atoms with Gasteiger partial charge in [0.05, 0.1) is 0 Å². The van der Waals surface area contributed by atoms with Crippen LogP contribution in [0.25, 0.3) is 0 Å². The lowest BCUT2D eigenvalue weighted by atomic mass is 10.4. The SMILES string of the molecule is CN(C)CCCNC(=O)CCCl. The number of nitrogens with zero attached hydrogens (tertiary/aromatic N) is 1. The number of rotatable bonds is 6. The minimum absolute atomic E-state index is 0.0451. The molecule has 1 N–H and O–H groups in total. The van der Waals surface area contributed by atoms with Crippen LogP contribution < -0.4 is 5.32 Å². The minimum Gasteiger partial charge on any atom is -0.356 e. The largest absolute Gasteiger partial charge is 0.356 e. The van der Waals surface area contributed by atoms with Gasteiger partial charge in [0.1, 0.15) is 0 Å². The Morgan fingerprint density at radius 1 is 1.50 bits per heavy atom. The molecule has 3 nitrogen and oxygen atoms in total. The summed E-state index contributed by atoms with van der Waals surface area (Å²) in [5.74, 6) is 0.447. The number of nitrogens with one attached hydrogen (secondary N) is 1. The van der Waals surface area contributed by atoms with Gasteiger partial charge in [0.15, 0.2) is 0 Å². The molecule has 0 aliphatic carbocycles. The topological polar surface area (TPSA) is 32.3 Å². The van der Waals surface area contributed by atoms with Crippen LogP contribution in [-0.2, 0) is 4.79 Å². The smallest absolute Gasteiger partial charge is 0.221 e. The van der Waals surface area contributed by atoms with Crippen molar-refractivity contribution in [3.63, 3.8) is 0 Å². The molecule has 0 unspecified atom stereocenters. The minimum atomic E-state index is 0.0451. The van der Waals surface area contributed by atoms with Crippen molar-refractivity contribution in [2.24, 2.45) is 0 Å². The third-order valence-electron chi connectivity index (χ3n) is 1.43. The summed E-state index contributed by atoms with van der Waals surface area (Å²) in [5, 5.41) is 2.79. The quantitative estimate of drug-likeness (QED) is 0.496. The monoisotopic (exact) mass is 192 g/mol. The van der Waals surface area contributed by atoms with Crippen molar-refractivity contribution in [1.82, 2.24) is 10.2 Å². The second kappa shape index (κ2) is 7.37. The fourth-order valence-corrected chi connectivity index (χ4v) is 0.969. The van der Waals surface area contributed by atoms with Crippen molar-refractivity contribution < 1.29 is 4.79 Å². The molecule has 0 spiro atoms. The summed E-state index contributed by atoms with van der Waals surface area (Å²) in [4.78, 5) is 13.0. The van der Waals surface area contributed by atoms with E-state index in [2.05, 4.69) is 10.2 Å². The van der Waals surface area contributed by atoms with E-state index >= 15 is 0 Å². The van der Waals surface area contributed by atoms with E-state index in [1.54, 1.807) is 0 Å². The number of halogens is 1. The number of hydrogen-bond acceptors (Lipinski definition) is 2. The summed E-state index contributed by atoms with van der Waals surface area (Å²) in [7, 11) is 4.03. The zero-order valence-electron chi connectivity index (χ0n) is 7.77. The standard InChI is InChI=1S/C8H17ClN2O/c1-11(2)7-3-6-10-8(12)4-5-9/h3-7H2,1-2H3,(H,10,12). The average Bonchev–Trinajstić information content (AvgIpc) is 1.98. The Morgan fingerprint density at radius 2 is 2.17 bits per heavy atom. The Morgan fingerprint density at radius 3 is 2.67 bits per heavy atom. The molecule has 0 aliphatic rings. The molecule has 0 atom stereocenters. The molecule has 0 aromatic rings. The number of hydrogen-bond donors (Lipinski definition) is 1. The average molecular weight is 193 g/mol. The molecule has 12 heavy (non-hydrogen) atoms. The summed E-state index contributed by atoms with van der Waals surface area (Å²) in [6, 6.07) is 0. The van der Waals surface area contributed by atoms with E-state index in [1.165, 1.54) is 0 Å². The molecule has 0 aliphatic heterocycles. The van der Waals surface area contributed by atoms with Gasteiger partial charge in [-0.1, -0.05) is 0 Å². The van der Waals surface area contributed by atoms with Gasteiger partial charge in [-0.2, -0.15) is 0 Å². The van der Waals surface area contributed by atoms with Crippen LogP contribution in [0.3, 0.4) is 0 Å². The lowest BCUT2D eigenvalue weighted by molar-refractivity contribution is -0.120. The van der Waals surface area contributed by atoms with E-state index in [1.807, 2.05) is 14.1 Å². The Hall–Kier alpha value is -0.280. The maximum atomic E-state index is 10.9. The number of carbonyl (C=O) groups excluding carboxylic acids is 1. The molecule has 0 radical (unpaired) electrons. The molecule has 1 amide bonds. The van der Waals surface area contributed by atoms with Crippen molar-refractivity contribution in [2.45, 2.75) is 12.8 Å². The van der Waals surface area contributed by atoms with Crippen LogP contribution in [0.4, 0.5) is 0 Å². The van der Waals surface area contributed by atoms with Gasteiger partial charge >= 0.3 is 0 Å². The molecular formula is C8H17ClN2O. The van der Waals surface area contributed by atoms with Crippen LogP contribution in [-0.4, -0.2) is 43.9 Å². The van der Waals surface area contributed by atoms with E-state index in [9.17, 15) is 4.79 Å². The Balaban J connectivity index is 3.14. The predicted octanol–water partition coefficient (Wildman–Crippen LogP) is 0.683. The molecule has 72 valence electrons. The Bertz CT molecular complexity index is 128. The highest BCUT2D eigenvalue weighted by molar-refractivity contribution is 6.18. The number of amides is 1. The first-order valence-electron chi connectivity index (χ1n) is 4.14. The third kappa shape index (κ3) is 7.82. The molecule has 0 fully saturated rings. The van der Waals surface area contributed by atoms with E-state index in [0.29, 0.717) is 12.3 Å². The molecule has 0 aromatic heterocycles. The van der Waals surface area contributed by atoms with Gasteiger partial charge in [-0.05, 0) is 27.1 Å². The van der Waals surface area contributed by atoms with Crippen LogP contribution in [0.2, 0.25) is 0 Å². The maximum absolute atomic E-state index is 10.9. The highest BCUT2D eigenvalue weighted by Gasteiger charge is 1.97. The molecule has 4 heteroatoms. The molecular weight excluding hydrogens is 176 g/mol. The van der Waals surface area contributed by atoms with Gasteiger partial charge in [-0.15, -0.1) is 11.6 Å². The van der Waals surface area contributed by atoms with E-state index < -0.39 is 0 Å². The highest BCUT2D eigenvalue weighted by Crippen LogP contribution is 1.85. The first kappa shape index (κ1) is 11.7. The summed E-state index contributed by atoms with van der Waals surface area (Å²) in [5.41, 5.74) is 0. The van der Waals surface area contributed by atoms with Gasteiger partial charge in [-0.3, -0.25) is 4.79 Å². The summed E-state index contributed by atoms with van der Waals surface area (Å²) in [6.07, 6.45) is 1.41. The van der Waals surface area contributed by atoms with Crippen LogP contribution in [0, 0.1) is 0 Å². The molecule has 0 rings (SSSR count). The lowest BCUT2D eigenvalue weighted by Crippen LogP contribution is -2.27. The first-order valence-corrected chi connectivity index (χ1v) is 4.67. The third-order valence-corrected chi connectivity index (χ3v) is 1.61. The van der Waals surface area contributed by atoms with Crippen LogP contribution in [0.5, 0.6) is 0 Å². The van der Waals surface area contributed by atoms with E-state index in [-0.39, 0.29) is 5.91 Å². The fraction of sp³-hybridized carbons (Fsp3) is 0.875. The Kier molecular flexibility index (Phi) is 7.20. The summed E-state index contributed by atoms with van der Waals surface area (Å²) < 4.78 is 0. The molecule has 0 aromatic carbocycles. The zero-order chi connectivity index (χ0) is 9.40. The lowest BCUT2D eigenvalue weighted by Gasteiger charge is -2.09. The normalized spacial score (nSPS) is 10.3. The van der Waals surface area contributed by atoms with E-state index in [0.717, 1.165) is 19.5 Å². The van der Waals surface area contributed by atoms with Crippen molar-refractivity contribution in [3.8, 4) is 0 Å². The second-order valence-corrected chi connectivity index (χ2v) is 3.32. The van der Waals surface area contributed by atoms with Crippen LogP contribution in [0.1, 0.15) is 12.8 Å². The first-order chi connectivity index (χ1) is 5.66. The zero-order valence-corrected chi connectivity index (χ0v) is 8.52. The van der Waals surface area contributed by atoms with Crippen LogP contribution in [0.15, 0.2) is 0 Å². The molecule has 0 saturated carbocycles. The van der Waals surface area contributed by atoms with Gasteiger partial charge in [-0.25, -0.2) is 0 Å². The van der Waals surface area contributed by atoms with Gasteiger partial charge < -0.3 is 10.2 Å². The van der Waals surface area contributed by atoms with Crippen molar-refractivity contribution in [1.29, 1.82) is 0 Å². The van der Waals surface area contributed by atoms with Gasteiger partial charge in [0.2, 0.25) is 5.91 Å². The highest BCUT2D eigenvalue weighted by atomic mass is 35.5. The Labute approximate surface area is 79.1 Å². The predicted molar refractivity (Wildman–Crippen MR) is 51.5 cm³/mol. The molecule has 0 saturated heterocycles. The number of alkyl halides is 1. The molecule has 0 heterocycles. The van der Waals surface area contributed by atoms with Gasteiger partial charge in [0.25, 0.3) is 0 Å². The number of carbonyl (C=O) groups is 1. The maximum Gasteiger partial charge on any atom is 0.221 e. The van der Waals surface area contributed by atoms with Crippen molar-refractivity contribution in [3.05, 3.63) is 0 Å². The summed E-state index contributed by atoms with van der Waals surface area (Å²) >= 11 is 5.39. The van der Waals surface area contributed by atoms with E-state index in [4.69, 9.17) is 11.6 Å². The molecule has 0 bridgehead atoms.